The van der Waals surface area contributed by atoms with E-state index in [4.69, 9.17) is 5.73 Å². The zero-order valence-electron chi connectivity index (χ0n) is 34.9. The van der Waals surface area contributed by atoms with Gasteiger partial charge in [-0.1, -0.05) is 95.9 Å². The Hall–Kier alpha value is -5.08. The van der Waals surface area contributed by atoms with E-state index < -0.39 is 6.10 Å². The molecule has 4 heterocycles. The Morgan fingerprint density at radius 3 is 1.39 bits per heavy atom. The minimum Gasteiger partial charge on any atom is -0.388 e. The van der Waals surface area contributed by atoms with Crippen molar-refractivity contribution in [3.63, 3.8) is 0 Å². The molecular weight excluding hydrogens is 885 g/mol. The first-order valence-electron chi connectivity index (χ1n) is 18.7. The third-order valence-electron chi connectivity index (χ3n) is 6.21. The monoisotopic (exact) mass is 938 g/mol. The Labute approximate surface area is 374 Å². The molecule has 0 aliphatic heterocycles. The van der Waals surface area contributed by atoms with Gasteiger partial charge < -0.3 is 38.3 Å². The lowest BCUT2D eigenvalue weighted by atomic mass is 10.1. The lowest BCUT2D eigenvalue weighted by molar-refractivity contribution is -0.118. The van der Waals surface area contributed by atoms with Crippen LogP contribution in [0.5, 0.6) is 0 Å². The second kappa shape index (κ2) is 31.7. The molecular formula is C36H54N14O6S5. The predicted molar refractivity (Wildman–Crippen MR) is 244 cm³/mol. The average Bonchev–Trinajstić information content (AvgIpc) is 4.00. The van der Waals surface area contributed by atoms with Crippen molar-refractivity contribution >= 4 is 107 Å². The van der Waals surface area contributed by atoms with Gasteiger partial charge in [0.1, 0.15) is 20.0 Å². The van der Waals surface area contributed by atoms with E-state index in [0.29, 0.717) is 26.1 Å². The van der Waals surface area contributed by atoms with Gasteiger partial charge in [0.05, 0.1) is 12.5 Å². The number of aromatic nitrogens is 8. The number of nitrogens with zero attached hydrogens (tertiary/aromatic N) is 8. The number of nitrogens with two attached hydrogens (primary N) is 3. The van der Waals surface area contributed by atoms with Crippen LogP contribution >= 0.6 is 57.1 Å². The molecule has 0 aliphatic carbocycles. The maximum atomic E-state index is 12.1. The summed E-state index contributed by atoms with van der Waals surface area (Å²) in [6.07, 6.45) is 5.54. The van der Waals surface area contributed by atoms with Gasteiger partial charge in [-0.2, -0.15) is 11.8 Å². The topological polar surface area (TPSA) is 323 Å². The number of primary amides is 2. The van der Waals surface area contributed by atoms with Crippen molar-refractivity contribution < 1.29 is 29.1 Å². The summed E-state index contributed by atoms with van der Waals surface area (Å²) in [6, 6.07) is 9.09. The number of aryl methyl sites for hydroxylation is 4. The van der Waals surface area contributed by atoms with E-state index in [9.17, 15) is 29.1 Å². The van der Waals surface area contributed by atoms with Gasteiger partial charge in [-0.25, -0.2) is 0 Å². The van der Waals surface area contributed by atoms with Crippen LogP contribution in [0, 0.1) is 0 Å². The lowest BCUT2D eigenvalue weighted by Gasteiger charge is -2.09. The number of unbranched alkanes of at least 4 members (excludes halogenated alkanes) is 1. The van der Waals surface area contributed by atoms with Crippen molar-refractivity contribution in [2.24, 2.45) is 11.5 Å². The summed E-state index contributed by atoms with van der Waals surface area (Å²) in [4.78, 5) is 52.3. The fraction of sp³-hybridized carbons (Fsp3) is 0.472. The predicted octanol–water partition coefficient (Wildman–Crippen LogP) is 4.82. The molecule has 334 valence electrons. The highest BCUT2D eigenvalue weighted by molar-refractivity contribution is 7.99. The molecule has 0 saturated carbocycles. The number of carbonyl (C=O) groups excluding carboxylic acids is 5. The van der Waals surface area contributed by atoms with E-state index in [0.717, 1.165) is 70.1 Å². The summed E-state index contributed by atoms with van der Waals surface area (Å²) in [5.41, 5.74) is 15.2. The fourth-order valence-electron chi connectivity index (χ4n) is 4.00. The van der Waals surface area contributed by atoms with Crippen LogP contribution in [0.2, 0.25) is 0 Å². The third kappa shape index (κ3) is 28.1. The number of aliphatic hydroxyl groups is 1. The molecule has 0 bridgehead atoms. The zero-order chi connectivity index (χ0) is 45.6. The zero-order valence-corrected chi connectivity index (χ0v) is 39.0. The van der Waals surface area contributed by atoms with Gasteiger partial charge in [0, 0.05) is 53.4 Å². The third-order valence-corrected chi connectivity index (χ3v) is 10.7. The van der Waals surface area contributed by atoms with Gasteiger partial charge in [0.25, 0.3) is 0 Å². The molecule has 5 rings (SSSR count). The second-order valence-electron chi connectivity index (χ2n) is 12.3. The number of carbonyl (C=O) groups is 5. The number of hydrogen-bond donors (Lipinski definition) is 7. The van der Waals surface area contributed by atoms with Crippen molar-refractivity contribution in [1.82, 2.24) is 40.8 Å². The van der Waals surface area contributed by atoms with Crippen LogP contribution in [-0.4, -0.2) is 86.9 Å². The van der Waals surface area contributed by atoms with E-state index >= 15 is 0 Å². The normalized spacial score (nSPS) is 10.4. The number of thioether (sulfide) groups is 1. The number of nitrogen functional groups attached to an aromatic ring is 1. The molecule has 1 atom stereocenters. The minimum atomic E-state index is -0.840. The number of aliphatic hydroxyl groups excluding tert-OH is 1. The molecule has 10 N–H and O–H groups in total. The van der Waals surface area contributed by atoms with Crippen LogP contribution in [0.25, 0.3) is 0 Å². The van der Waals surface area contributed by atoms with Gasteiger partial charge in [-0.05, 0) is 29.9 Å². The molecule has 0 aliphatic rings. The summed E-state index contributed by atoms with van der Waals surface area (Å²) in [6.45, 7) is 9.75. The van der Waals surface area contributed by atoms with Crippen LogP contribution in [0.15, 0.2) is 30.3 Å². The van der Waals surface area contributed by atoms with Crippen LogP contribution in [0.3, 0.4) is 0 Å². The largest absolute Gasteiger partial charge is 0.388 e. The van der Waals surface area contributed by atoms with Crippen molar-refractivity contribution in [3.05, 3.63) is 55.9 Å². The highest BCUT2D eigenvalue weighted by atomic mass is 32.2. The molecule has 25 heteroatoms. The minimum absolute atomic E-state index is 0.0239. The summed E-state index contributed by atoms with van der Waals surface area (Å²) in [5.74, 6) is 0.608. The van der Waals surface area contributed by atoms with E-state index in [1.165, 1.54) is 79.5 Å². The molecule has 0 radical (unpaired) electrons. The quantitative estimate of drug-likeness (QED) is 0.0614. The first kappa shape index (κ1) is 53.9. The van der Waals surface area contributed by atoms with Gasteiger partial charge in [0.2, 0.25) is 50.1 Å². The van der Waals surface area contributed by atoms with Gasteiger partial charge >= 0.3 is 0 Å². The molecule has 20 nitrogen and oxygen atoms in total. The molecule has 0 fully saturated rings. The van der Waals surface area contributed by atoms with Crippen LogP contribution in [-0.2, 0) is 49.7 Å². The molecule has 1 aromatic carbocycles. The Balaban J connectivity index is 0.000000495. The highest BCUT2D eigenvalue weighted by Gasteiger charge is 2.15. The molecule has 0 unspecified atom stereocenters. The molecule has 0 saturated heterocycles. The van der Waals surface area contributed by atoms with E-state index in [1.54, 1.807) is 23.9 Å². The Morgan fingerprint density at radius 1 is 0.623 bits per heavy atom. The average molecular weight is 939 g/mol. The van der Waals surface area contributed by atoms with Crippen molar-refractivity contribution in [1.29, 1.82) is 0 Å². The van der Waals surface area contributed by atoms with Crippen molar-refractivity contribution in [2.75, 3.05) is 33.2 Å². The van der Waals surface area contributed by atoms with Crippen LogP contribution < -0.4 is 33.2 Å². The number of anilines is 4. The van der Waals surface area contributed by atoms with Gasteiger partial charge in [0.15, 0.2) is 0 Å². The standard InChI is InChI=1S/C17H20N6O2S2.C12H16N6O2S3.C3H8.2C2H5NO/c18-16-22-20-14(26-16)8-4-5-9-15-21-23-17(27-15)19-13(25)10-12(24)11-6-2-1-3-7-11;1-7(19)13-11-17-15-9(22-11)3-5-21-6-4-10-16-18-12(23-10)14-8(2)20;1-3-2;2*1-2(3)4/h1-3,6-7,12,24H,4-5,8-10H2,(H2,18,22)(H,19,23,25);3-6H2,1-2H3,(H,13,17,19)(H,14,18,20);3H2,1-2H3;2*1H3,(H2,3,4)/t12-;;;;/m1..../s1. The smallest absolute Gasteiger partial charge is 0.229 e. The van der Waals surface area contributed by atoms with Gasteiger partial charge in [-0.15, -0.1) is 40.8 Å². The summed E-state index contributed by atoms with van der Waals surface area (Å²) in [5, 5.41) is 55.4. The Kier molecular flexibility index (Phi) is 28.1. The van der Waals surface area contributed by atoms with Crippen LogP contribution in [0.1, 0.15) is 98.9 Å². The highest BCUT2D eigenvalue weighted by Crippen LogP contribution is 2.22. The molecule has 5 amide bonds. The first-order chi connectivity index (χ1) is 29.0. The second-order valence-corrected chi connectivity index (χ2v) is 17.8. The molecule has 5 aromatic rings. The Morgan fingerprint density at radius 2 is 1.00 bits per heavy atom. The fourth-order valence-corrected chi connectivity index (χ4v) is 8.15. The number of rotatable bonds is 17. The number of hydrogen-bond acceptors (Lipinski definition) is 20. The van der Waals surface area contributed by atoms with E-state index in [2.05, 4.69) is 82.1 Å². The maximum absolute atomic E-state index is 12.1. The molecule has 61 heavy (non-hydrogen) atoms. The van der Waals surface area contributed by atoms with Gasteiger partial charge in [-0.3, -0.25) is 24.0 Å². The maximum Gasteiger partial charge on any atom is 0.229 e. The van der Waals surface area contributed by atoms with Crippen molar-refractivity contribution in [3.8, 4) is 0 Å². The SMILES string of the molecule is CC(=O)Nc1nnc(CCSCCc2nnc(NC(C)=O)s2)s1.CC(N)=O.CC(N)=O.CCC.Nc1nnc(CCCCc2nnc(NC(=O)C[C@@H](O)c3ccccc3)s2)s1. The summed E-state index contributed by atoms with van der Waals surface area (Å²) >= 11 is 7.35. The molecule has 0 spiro atoms. The number of amides is 5. The molecule has 4 aromatic heterocycles. The summed E-state index contributed by atoms with van der Waals surface area (Å²) < 4.78 is 0. The van der Waals surface area contributed by atoms with Crippen molar-refractivity contribution in [2.45, 2.75) is 99.0 Å². The summed E-state index contributed by atoms with van der Waals surface area (Å²) in [7, 11) is 0. The lowest BCUT2D eigenvalue weighted by Crippen LogP contribution is -2.15. The number of nitrogens with one attached hydrogen (secondary N) is 3. The van der Waals surface area contributed by atoms with E-state index in [1.807, 2.05) is 18.2 Å². The van der Waals surface area contributed by atoms with Crippen LogP contribution in [0.4, 0.5) is 20.5 Å². The Bertz CT molecular complexity index is 1950. The first-order valence-corrected chi connectivity index (χ1v) is 23.2. The number of benzene rings is 1. The van der Waals surface area contributed by atoms with E-state index in [-0.39, 0.29) is 36.0 Å².